The molecule has 0 spiro atoms. The molecular formula is C15H29ClO2S. The first-order valence-electron chi connectivity index (χ1n) is 7.52. The average molecular weight is 309 g/mol. The van der Waals surface area contributed by atoms with Crippen LogP contribution < -0.4 is 0 Å². The van der Waals surface area contributed by atoms with E-state index in [0.717, 1.165) is 25.2 Å². The van der Waals surface area contributed by atoms with E-state index in [1.165, 1.54) is 12.8 Å². The number of alkyl halides is 1. The summed E-state index contributed by atoms with van der Waals surface area (Å²) in [5, 5.41) is 0.251. The molecule has 0 bridgehead atoms. The van der Waals surface area contributed by atoms with Crippen LogP contribution in [0.3, 0.4) is 0 Å². The van der Waals surface area contributed by atoms with Crippen LogP contribution in [0.2, 0.25) is 0 Å². The fraction of sp³-hybridized carbons (Fsp3) is 1.00. The first-order valence-corrected chi connectivity index (χ1v) is 9.78. The Bertz CT molecular complexity index is 376. The van der Waals surface area contributed by atoms with Crippen molar-refractivity contribution in [3.05, 3.63) is 0 Å². The van der Waals surface area contributed by atoms with E-state index in [9.17, 15) is 8.42 Å². The molecule has 0 radical (unpaired) electrons. The summed E-state index contributed by atoms with van der Waals surface area (Å²) >= 11 is 6.54. The Morgan fingerprint density at radius 3 is 2.42 bits per heavy atom. The van der Waals surface area contributed by atoms with Gasteiger partial charge in [-0.05, 0) is 42.9 Å². The summed E-state index contributed by atoms with van der Waals surface area (Å²) in [4.78, 5) is 0. The molecule has 1 aliphatic rings. The quantitative estimate of drug-likeness (QED) is 0.687. The molecule has 0 aliphatic heterocycles. The molecule has 19 heavy (non-hydrogen) atoms. The molecule has 4 heteroatoms. The zero-order valence-electron chi connectivity index (χ0n) is 12.8. The Kier molecular flexibility index (Phi) is 6.19. The molecule has 0 saturated heterocycles. The van der Waals surface area contributed by atoms with E-state index in [0.29, 0.717) is 11.7 Å². The Morgan fingerprint density at radius 1 is 1.26 bits per heavy atom. The van der Waals surface area contributed by atoms with Crippen LogP contribution in [-0.4, -0.2) is 25.3 Å². The predicted octanol–water partition coefficient (Wildman–Crippen LogP) is 4.27. The second-order valence-electron chi connectivity index (χ2n) is 6.87. The van der Waals surface area contributed by atoms with Crippen molar-refractivity contribution in [2.45, 2.75) is 65.2 Å². The lowest BCUT2D eigenvalue weighted by molar-refractivity contribution is 0.131. The van der Waals surface area contributed by atoms with E-state index in [1.54, 1.807) is 6.92 Å². The first kappa shape index (κ1) is 17.3. The second-order valence-corrected chi connectivity index (χ2v) is 9.90. The number of halogens is 1. The van der Waals surface area contributed by atoms with Crippen molar-refractivity contribution in [1.29, 1.82) is 0 Å². The third-order valence-electron chi connectivity index (χ3n) is 4.75. The van der Waals surface area contributed by atoms with Gasteiger partial charge in [-0.1, -0.05) is 34.1 Å². The summed E-state index contributed by atoms with van der Waals surface area (Å²) in [6.07, 6.45) is 5.25. The van der Waals surface area contributed by atoms with Crippen LogP contribution >= 0.6 is 11.6 Å². The maximum atomic E-state index is 11.5. The smallest absolute Gasteiger partial charge is 0.150 e. The van der Waals surface area contributed by atoms with Gasteiger partial charge < -0.3 is 0 Å². The molecule has 1 rings (SSSR count). The third-order valence-corrected chi connectivity index (χ3v) is 7.03. The summed E-state index contributed by atoms with van der Waals surface area (Å²) in [5.74, 6) is 1.83. The van der Waals surface area contributed by atoms with Crippen molar-refractivity contribution >= 4 is 21.4 Å². The number of sulfone groups is 1. The van der Waals surface area contributed by atoms with E-state index in [-0.39, 0.29) is 16.5 Å². The summed E-state index contributed by atoms with van der Waals surface area (Å²) in [6, 6.07) is 0. The maximum Gasteiger partial charge on any atom is 0.150 e. The van der Waals surface area contributed by atoms with Gasteiger partial charge in [0.1, 0.15) is 9.84 Å². The minimum Gasteiger partial charge on any atom is -0.229 e. The lowest BCUT2D eigenvalue weighted by Gasteiger charge is -2.42. The third kappa shape index (κ3) is 5.26. The normalized spacial score (nSPS) is 29.4. The molecule has 1 saturated carbocycles. The monoisotopic (exact) mass is 308 g/mol. The second kappa shape index (κ2) is 6.80. The molecule has 114 valence electrons. The number of hydrogen-bond acceptors (Lipinski definition) is 2. The highest BCUT2D eigenvalue weighted by molar-refractivity contribution is 7.91. The SMILES string of the molecule is CCS(=O)(=O)CCCC(C)(C)C1CCC(C)CC1Cl. The molecule has 0 heterocycles. The van der Waals surface area contributed by atoms with E-state index >= 15 is 0 Å². The lowest BCUT2D eigenvalue weighted by Crippen LogP contribution is -2.36. The fourth-order valence-electron chi connectivity index (χ4n) is 3.27. The molecule has 0 aromatic heterocycles. The Hall–Kier alpha value is 0.240. The van der Waals surface area contributed by atoms with E-state index in [1.807, 2.05) is 0 Å². The average Bonchev–Trinajstić information content (AvgIpc) is 2.27. The topological polar surface area (TPSA) is 34.1 Å². The summed E-state index contributed by atoms with van der Waals surface area (Å²) in [5.41, 5.74) is 0.149. The zero-order valence-corrected chi connectivity index (χ0v) is 14.4. The fourth-order valence-corrected chi connectivity index (χ4v) is 4.91. The van der Waals surface area contributed by atoms with Crippen LogP contribution in [-0.2, 0) is 9.84 Å². The van der Waals surface area contributed by atoms with Gasteiger partial charge in [0, 0.05) is 11.1 Å². The van der Waals surface area contributed by atoms with Gasteiger partial charge in [-0.15, -0.1) is 11.6 Å². The molecule has 1 aliphatic carbocycles. The summed E-state index contributed by atoms with van der Waals surface area (Å²) in [7, 11) is -2.83. The van der Waals surface area contributed by atoms with Gasteiger partial charge in [-0.25, -0.2) is 8.42 Å². The standard InChI is InChI=1S/C15H29ClO2S/c1-5-19(17,18)10-6-9-15(3,4)13-8-7-12(2)11-14(13)16/h12-14H,5-11H2,1-4H3. The summed E-state index contributed by atoms with van der Waals surface area (Å²) < 4.78 is 23.1. The predicted molar refractivity (Wildman–Crippen MR) is 83.5 cm³/mol. The van der Waals surface area contributed by atoms with Crippen molar-refractivity contribution in [1.82, 2.24) is 0 Å². The van der Waals surface area contributed by atoms with Gasteiger partial charge in [0.25, 0.3) is 0 Å². The highest BCUT2D eigenvalue weighted by Gasteiger charge is 2.37. The van der Waals surface area contributed by atoms with Crippen molar-refractivity contribution in [2.24, 2.45) is 17.3 Å². The maximum absolute atomic E-state index is 11.5. The molecule has 0 aromatic rings. The molecular weight excluding hydrogens is 280 g/mol. The number of rotatable bonds is 6. The van der Waals surface area contributed by atoms with Crippen molar-refractivity contribution in [3.8, 4) is 0 Å². The Labute approximate surface area is 124 Å². The highest BCUT2D eigenvalue weighted by Crippen LogP contribution is 2.45. The van der Waals surface area contributed by atoms with Crippen LogP contribution in [0.15, 0.2) is 0 Å². The van der Waals surface area contributed by atoms with Crippen LogP contribution in [0.1, 0.15) is 59.8 Å². The molecule has 0 aromatic carbocycles. The van der Waals surface area contributed by atoms with Gasteiger partial charge in [0.05, 0.1) is 5.75 Å². The lowest BCUT2D eigenvalue weighted by atomic mass is 9.67. The van der Waals surface area contributed by atoms with E-state index < -0.39 is 9.84 Å². The van der Waals surface area contributed by atoms with Gasteiger partial charge in [-0.3, -0.25) is 0 Å². The molecule has 0 amide bonds. The number of hydrogen-bond donors (Lipinski definition) is 0. The molecule has 3 unspecified atom stereocenters. The van der Waals surface area contributed by atoms with Crippen LogP contribution in [0.25, 0.3) is 0 Å². The van der Waals surface area contributed by atoms with Gasteiger partial charge in [0.2, 0.25) is 0 Å². The minimum absolute atomic E-state index is 0.149. The Morgan fingerprint density at radius 2 is 1.89 bits per heavy atom. The molecule has 0 N–H and O–H groups in total. The molecule has 1 fully saturated rings. The van der Waals surface area contributed by atoms with Crippen molar-refractivity contribution < 1.29 is 8.42 Å². The molecule has 2 nitrogen and oxygen atoms in total. The van der Waals surface area contributed by atoms with Crippen molar-refractivity contribution in [2.75, 3.05) is 11.5 Å². The van der Waals surface area contributed by atoms with E-state index in [4.69, 9.17) is 11.6 Å². The van der Waals surface area contributed by atoms with Gasteiger partial charge >= 0.3 is 0 Å². The van der Waals surface area contributed by atoms with Gasteiger partial charge in [0.15, 0.2) is 0 Å². The molecule has 3 atom stereocenters. The summed E-state index contributed by atoms with van der Waals surface area (Å²) in [6.45, 7) is 8.49. The Balaban J connectivity index is 2.51. The van der Waals surface area contributed by atoms with E-state index in [2.05, 4.69) is 20.8 Å². The van der Waals surface area contributed by atoms with Crippen LogP contribution in [0, 0.1) is 17.3 Å². The van der Waals surface area contributed by atoms with Crippen LogP contribution in [0.5, 0.6) is 0 Å². The zero-order chi connectivity index (χ0) is 14.7. The van der Waals surface area contributed by atoms with Gasteiger partial charge in [-0.2, -0.15) is 0 Å². The van der Waals surface area contributed by atoms with Crippen LogP contribution in [0.4, 0.5) is 0 Å². The van der Waals surface area contributed by atoms with Crippen molar-refractivity contribution in [3.63, 3.8) is 0 Å². The largest absolute Gasteiger partial charge is 0.229 e. The highest BCUT2D eigenvalue weighted by atomic mass is 35.5. The minimum atomic E-state index is -2.83. The first-order chi connectivity index (χ1) is 8.68.